The molecule has 0 aliphatic heterocycles. The maximum atomic E-state index is 14.6. The fourth-order valence-electron chi connectivity index (χ4n) is 11.3. The summed E-state index contributed by atoms with van der Waals surface area (Å²) >= 11 is 0. The Kier molecular flexibility index (Phi) is 6.73. The van der Waals surface area contributed by atoms with Crippen LogP contribution in [0.4, 0.5) is 0 Å². The number of hydrogen-bond acceptors (Lipinski definition) is 3. The standard InChI is InChI=1S/C37H51NO3/c1-23-26-12-13-35(5)30(34(26,4)22-28(38-7)32(23)41)20-29(40)31-27-21-33(2,3)15-17-37(27,18-16-36(31,35)6)14-11-25(39)19-24-9-8-10-24/h20,22-24,26-27,31H,8-19,21H2,1-6H3/t23-,26-,27-,31-,34-,35+,36+,37+/m0/s1. The summed E-state index contributed by atoms with van der Waals surface area (Å²) in [6.45, 7) is 21.5. The largest absolute Gasteiger partial charge is 0.308 e. The summed E-state index contributed by atoms with van der Waals surface area (Å²) in [5.74, 6) is 1.51. The summed E-state index contributed by atoms with van der Waals surface area (Å²) < 4.78 is 0. The van der Waals surface area contributed by atoms with E-state index in [4.69, 9.17) is 6.57 Å². The van der Waals surface area contributed by atoms with E-state index in [1.807, 2.05) is 19.1 Å². The smallest absolute Gasteiger partial charge is 0.226 e. The van der Waals surface area contributed by atoms with Gasteiger partial charge in [-0.2, -0.15) is 0 Å². The summed E-state index contributed by atoms with van der Waals surface area (Å²) in [5.41, 5.74) is 0.941. The second-order valence-electron chi connectivity index (χ2n) is 16.8. The maximum absolute atomic E-state index is 14.6. The Balaban J connectivity index is 1.39. The topological polar surface area (TPSA) is 55.6 Å². The lowest BCUT2D eigenvalue weighted by molar-refractivity contribution is -0.171. The van der Waals surface area contributed by atoms with Crippen molar-refractivity contribution in [3.8, 4) is 0 Å². The molecule has 6 aliphatic carbocycles. The minimum atomic E-state index is -0.446. The summed E-state index contributed by atoms with van der Waals surface area (Å²) in [7, 11) is 0. The predicted molar refractivity (Wildman–Crippen MR) is 161 cm³/mol. The molecule has 4 heteroatoms. The molecule has 0 aromatic heterocycles. The lowest BCUT2D eigenvalue weighted by Crippen LogP contribution is -2.64. The molecule has 0 aromatic carbocycles. The summed E-state index contributed by atoms with van der Waals surface area (Å²) in [6.07, 6.45) is 17.5. The molecule has 4 fully saturated rings. The van der Waals surface area contributed by atoms with Crippen molar-refractivity contribution in [1.82, 2.24) is 0 Å². The van der Waals surface area contributed by atoms with E-state index in [2.05, 4.69) is 39.5 Å². The highest BCUT2D eigenvalue weighted by atomic mass is 16.1. The minimum Gasteiger partial charge on any atom is -0.308 e. The lowest BCUT2D eigenvalue weighted by Gasteiger charge is -2.69. The quantitative estimate of drug-likeness (QED) is 0.318. The minimum absolute atomic E-state index is 0.0292. The monoisotopic (exact) mass is 557 g/mol. The van der Waals surface area contributed by atoms with Gasteiger partial charge in [0.1, 0.15) is 5.78 Å². The van der Waals surface area contributed by atoms with Gasteiger partial charge < -0.3 is 4.79 Å². The number of nitrogens with zero attached hydrogens (tertiary/aromatic N) is 1. The normalized spacial score (nSPS) is 45.1. The van der Waals surface area contributed by atoms with Crippen LogP contribution in [0, 0.1) is 63.2 Å². The molecule has 6 aliphatic rings. The molecule has 0 N–H and O–H groups in total. The molecule has 4 saturated carbocycles. The number of allylic oxidation sites excluding steroid dienone is 4. The van der Waals surface area contributed by atoms with Gasteiger partial charge in [-0.05, 0) is 96.9 Å². The first kappa shape index (κ1) is 29.1. The molecule has 0 saturated heterocycles. The average Bonchev–Trinajstić information content (AvgIpc) is 2.89. The van der Waals surface area contributed by atoms with Gasteiger partial charge in [0, 0.05) is 30.1 Å². The van der Waals surface area contributed by atoms with Crippen LogP contribution in [0.25, 0.3) is 4.85 Å². The van der Waals surface area contributed by atoms with E-state index < -0.39 is 5.41 Å². The van der Waals surface area contributed by atoms with Gasteiger partial charge in [-0.15, -0.1) is 0 Å². The molecule has 0 heterocycles. The molecule has 4 nitrogen and oxygen atoms in total. The average molecular weight is 558 g/mol. The Morgan fingerprint density at radius 2 is 1.68 bits per heavy atom. The number of carbonyl (C=O) groups excluding carboxylic acids is 3. The van der Waals surface area contributed by atoms with Crippen molar-refractivity contribution in [1.29, 1.82) is 0 Å². The Morgan fingerprint density at radius 3 is 2.34 bits per heavy atom. The first-order valence-electron chi connectivity index (χ1n) is 16.6. The molecular formula is C37H51NO3. The van der Waals surface area contributed by atoms with Crippen LogP contribution in [-0.2, 0) is 14.4 Å². The molecule has 6 rings (SSSR count). The van der Waals surface area contributed by atoms with Gasteiger partial charge in [0.05, 0.1) is 6.57 Å². The van der Waals surface area contributed by atoms with E-state index >= 15 is 0 Å². The molecular weight excluding hydrogens is 506 g/mol. The number of carbonyl (C=O) groups is 3. The highest BCUT2D eigenvalue weighted by molar-refractivity contribution is 6.01. The third-order valence-electron chi connectivity index (χ3n) is 14.3. The van der Waals surface area contributed by atoms with Gasteiger partial charge in [-0.3, -0.25) is 9.59 Å². The van der Waals surface area contributed by atoms with Crippen LogP contribution in [0.1, 0.15) is 125 Å². The van der Waals surface area contributed by atoms with Gasteiger partial charge in [0.2, 0.25) is 5.70 Å². The van der Waals surface area contributed by atoms with Gasteiger partial charge >= 0.3 is 0 Å². The van der Waals surface area contributed by atoms with E-state index in [0.717, 1.165) is 51.4 Å². The molecule has 41 heavy (non-hydrogen) atoms. The van der Waals surface area contributed by atoms with E-state index in [1.54, 1.807) is 0 Å². The zero-order valence-corrected chi connectivity index (χ0v) is 26.4. The maximum Gasteiger partial charge on any atom is 0.226 e. The van der Waals surface area contributed by atoms with E-state index in [1.165, 1.54) is 31.3 Å². The van der Waals surface area contributed by atoms with Crippen molar-refractivity contribution in [2.75, 3.05) is 0 Å². The van der Waals surface area contributed by atoms with Crippen molar-refractivity contribution in [2.24, 2.45) is 56.7 Å². The number of ketones is 3. The van der Waals surface area contributed by atoms with Gasteiger partial charge in [-0.25, -0.2) is 4.85 Å². The number of fused-ring (bicyclic) bond motifs is 7. The zero-order valence-electron chi connectivity index (χ0n) is 26.4. The Hall–Kier alpha value is -2.02. The van der Waals surface area contributed by atoms with Crippen molar-refractivity contribution in [2.45, 2.75) is 125 Å². The molecule has 0 amide bonds. The van der Waals surface area contributed by atoms with E-state index in [-0.39, 0.29) is 56.7 Å². The summed E-state index contributed by atoms with van der Waals surface area (Å²) in [6, 6.07) is 0. The molecule has 0 radical (unpaired) electrons. The van der Waals surface area contributed by atoms with Crippen LogP contribution in [0.3, 0.4) is 0 Å². The molecule has 0 spiro atoms. The highest BCUT2D eigenvalue weighted by Crippen LogP contribution is 2.74. The van der Waals surface area contributed by atoms with Crippen LogP contribution in [0.15, 0.2) is 23.4 Å². The molecule has 0 unspecified atom stereocenters. The molecule has 0 bridgehead atoms. The summed E-state index contributed by atoms with van der Waals surface area (Å²) in [5, 5.41) is 0. The van der Waals surface area contributed by atoms with Gasteiger partial charge in [0.15, 0.2) is 11.6 Å². The van der Waals surface area contributed by atoms with Gasteiger partial charge in [-0.1, -0.05) is 72.5 Å². The van der Waals surface area contributed by atoms with Crippen molar-refractivity contribution in [3.05, 3.63) is 34.8 Å². The fraction of sp³-hybridized carbons (Fsp3) is 0.784. The third-order valence-corrected chi connectivity index (χ3v) is 14.3. The first-order chi connectivity index (χ1) is 19.2. The highest BCUT2D eigenvalue weighted by Gasteiger charge is 2.68. The van der Waals surface area contributed by atoms with E-state index in [0.29, 0.717) is 24.0 Å². The fourth-order valence-corrected chi connectivity index (χ4v) is 11.3. The summed E-state index contributed by atoms with van der Waals surface area (Å²) in [4.78, 5) is 44.3. The SMILES string of the molecule is [C-]#[N+]C1=C[C@]2(C)C3=CC(=O)[C@@H]4[C@@H]5CC(C)(C)CC[C@]5(CCC(=O)CC5CCC5)CC[C@@]4(C)[C@]3(C)CC[C@H]2[C@H](C)C1=O. The Morgan fingerprint density at radius 1 is 0.976 bits per heavy atom. The van der Waals surface area contributed by atoms with Crippen LogP contribution < -0.4 is 0 Å². The molecule has 222 valence electrons. The predicted octanol–water partition coefficient (Wildman–Crippen LogP) is 8.71. The third kappa shape index (κ3) is 4.14. The first-order valence-corrected chi connectivity index (χ1v) is 16.6. The Bertz CT molecular complexity index is 1280. The van der Waals surface area contributed by atoms with Gasteiger partial charge in [0.25, 0.3) is 0 Å². The van der Waals surface area contributed by atoms with Crippen molar-refractivity contribution < 1.29 is 14.4 Å². The second-order valence-corrected chi connectivity index (χ2v) is 16.8. The number of hydrogen-bond donors (Lipinski definition) is 0. The van der Waals surface area contributed by atoms with Crippen molar-refractivity contribution in [3.63, 3.8) is 0 Å². The second kappa shape index (κ2) is 9.49. The molecule has 0 aromatic rings. The van der Waals surface area contributed by atoms with Crippen LogP contribution >= 0.6 is 0 Å². The van der Waals surface area contributed by atoms with E-state index in [9.17, 15) is 14.4 Å². The molecule has 8 atom stereocenters. The van der Waals surface area contributed by atoms with Crippen LogP contribution in [-0.4, -0.2) is 17.3 Å². The zero-order chi connectivity index (χ0) is 29.6. The van der Waals surface area contributed by atoms with Crippen LogP contribution in [0.5, 0.6) is 0 Å². The Labute approximate surface area is 248 Å². The lowest BCUT2D eigenvalue weighted by atomic mass is 9.34. The number of Topliss-reactive ketones (excluding diaryl/α,β-unsaturated/α-hetero) is 2. The number of rotatable bonds is 5. The van der Waals surface area contributed by atoms with Crippen molar-refractivity contribution >= 4 is 17.3 Å². The van der Waals surface area contributed by atoms with Crippen LogP contribution in [0.2, 0.25) is 0 Å².